The molecule has 0 aliphatic heterocycles. The van der Waals surface area contributed by atoms with Gasteiger partial charge in [-0.05, 0) is 23.9 Å². The Balaban J connectivity index is 2.57. The molecule has 1 aromatic carbocycles. The maximum absolute atomic E-state index is 10.4. The fourth-order valence-corrected chi connectivity index (χ4v) is 2.67. The summed E-state index contributed by atoms with van der Waals surface area (Å²) in [7, 11) is 0. The third-order valence-corrected chi connectivity index (χ3v) is 3.47. The zero-order valence-corrected chi connectivity index (χ0v) is 8.50. The topological polar surface area (TPSA) is 43.1 Å². The van der Waals surface area contributed by atoms with Gasteiger partial charge in [0.25, 0.3) is 0 Å². The van der Waals surface area contributed by atoms with Gasteiger partial charge in [-0.15, -0.1) is 11.3 Å². The normalized spacial score (nSPS) is 10.6. The van der Waals surface area contributed by atoms with Gasteiger partial charge in [0.1, 0.15) is 0 Å². The molecule has 3 nitrogen and oxygen atoms in total. The average molecular weight is 207 g/mol. The molecule has 72 valence electrons. The molecule has 0 spiro atoms. The van der Waals surface area contributed by atoms with Crippen molar-refractivity contribution in [2.45, 2.75) is 13.5 Å². The van der Waals surface area contributed by atoms with Gasteiger partial charge in [0.15, 0.2) is 0 Å². The Bertz CT molecular complexity index is 490. The van der Waals surface area contributed by atoms with E-state index in [1.165, 1.54) is 11.3 Å². The van der Waals surface area contributed by atoms with Gasteiger partial charge in [-0.1, -0.05) is 18.2 Å². The summed E-state index contributed by atoms with van der Waals surface area (Å²) in [6, 6.07) is 7.91. The van der Waals surface area contributed by atoms with E-state index in [1.807, 2.05) is 31.2 Å². The number of thiophene rings is 1. The molecule has 0 bridgehead atoms. The Labute approximate surface area is 85.1 Å². The molecule has 2 rings (SSSR count). The smallest absolute Gasteiger partial charge is 0.238 e. The van der Waals surface area contributed by atoms with Crippen molar-refractivity contribution >= 4 is 21.4 Å². The quantitative estimate of drug-likeness (QED) is 0.561. The first-order valence-electron chi connectivity index (χ1n) is 4.27. The zero-order chi connectivity index (χ0) is 10.1. The van der Waals surface area contributed by atoms with Crippen LogP contribution in [0, 0.1) is 17.0 Å². The van der Waals surface area contributed by atoms with Crippen LogP contribution in [0.2, 0.25) is 0 Å². The third kappa shape index (κ3) is 1.48. The average Bonchev–Trinajstić information content (AvgIpc) is 2.44. The summed E-state index contributed by atoms with van der Waals surface area (Å²) in [4.78, 5) is 11.0. The molecule has 0 aliphatic carbocycles. The van der Waals surface area contributed by atoms with Crippen LogP contribution in [0.3, 0.4) is 0 Å². The Kier molecular flexibility index (Phi) is 2.21. The van der Waals surface area contributed by atoms with Crippen LogP contribution < -0.4 is 0 Å². The number of benzene rings is 1. The summed E-state index contributed by atoms with van der Waals surface area (Å²) in [5, 5.41) is 11.5. The van der Waals surface area contributed by atoms with Crippen molar-refractivity contribution in [2.75, 3.05) is 0 Å². The fourth-order valence-electron chi connectivity index (χ4n) is 1.49. The Morgan fingerprint density at radius 2 is 2.14 bits per heavy atom. The van der Waals surface area contributed by atoms with Crippen molar-refractivity contribution in [2.24, 2.45) is 0 Å². The second-order valence-corrected chi connectivity index (χ2v) is 4.27. The van der Waals surface area contributed by atoms with Gasteiger partial charge in [-0.25, -0.2) is 0 Å². The summed E-state index contributed by atoms with van der Waals surface area (Å²) in [6.45, 7) is 1.88. The van der Waals surface area contributed by atoms with Gasteiger partial charge in [-0.2, -0.15) is 0 Å². The minimum atomic E-state index is -0.280. The van der Waals surface area contributed by atoms with E-state index in [0.717, 1.165) is 20.5 Å². The van der Waals surface area contributed by atoms with Gasteiger partial charge in [-0.3, -0.25) is 10.1 Å². The second-order valence-electron chi connectivity index (χ2n) is 3.14. The number of rotatable bonds is 2. The first kappa shape index (κ1) is 9.15. The second kappa shape index (κ2) is 3.38. The Hall–Kier alpha value is -1.42. The number of fused-ring (bicyclic) bond motifs is 1. The number of nitro groups is 1. The molecule has 0 atom stereocenters. The number of aryl methyl sites for hydroxylation is 1. The van der Waals surface area contributed by atoms with E-state index in [2.05, 4.69) is 0 Å². The SMILES string of the molecule is Cc1c(C[N+](=O)[O-])sc2ccccc12. The standard InChI is InChI=1S/C10H9NO2S/c1-7-8-4-2-3-5-9(8)14-10(7)6-11(12)13/h2-5H,6H2,1H3. The fraction of sp³-hybridized carbons (Fsp3) is 0.200. The van der Waals surface area contributed by atoms with E-state index in [0.29, 0.717) is 0 Å². The van der Waals surface area contributed by atoms with Crippen LogP contribution in [0.4, 0.5) is 0 Å². The molecule has 0 fully saturated rings. The minimum Gasteiger partial charge on any atom is -0.264 e. The first-order chi connectivity index (χ1) is 6.68. The molecule has 1 aromatic heterocycles. The lowest BCUT2D eigenvalue weighted by atomic mass is 10.1. The molecule has 0 saturated carbocycles. The van der Waals surface area contributed by atoms with Crippen LogP contribution >= 0.6 is 11.3 Å². The first-order valence-corrected chi connectivity index (χ1v) is 5.09. The molecule has 1 heterocycles. The van der Waals surface area contributed by atoms with Crippen LogP contribution in [0.15, 0.2) is 24.3 Å². The molecule has 14 heavy (non-hydrogen) atoms. The van der Waals surface area contributed by atoms with Crippen molar-refractivity contribution < 1.29 is 4.92 Å². The van der Waals surface area contributed by atoms with Crippen LogP contribution in [0.25, 0.3) is 10.1 Å². The van der Waals surface area contributed by atoms with Crippen LogP contribution in [0.1, 0.15) is 10.4 Å². The van der Waals surface area contributed by atoms with E-state index >= 15 is 0 Å². The molecule has 0 saturated heterocycles. The Morgan fingerprint density at radius 1 is 1.43 bits per heavy atom. The summed E-state index contributed by atoms with van der Waals surface area (Å²) in [5.41, 5.74) is 1.04. The summed E-state index contributed by atoms with van der Waals surface area (Å²) in [5.74, 6) is 0. The van der Waals surface area contributed by atoms with Crippen LogP contribution in [-0.2, 0) is 6.54 Å². The van der Waals surface area contributed by atoms with Crippen molar-refractivity contribution in [1.29, 1.82) is 0 Å². The highest BCUT2D eigenvalue weighted by molar-refractivity contribution is 7.19. The van der Waals surface area contributed by atoms with Gasteiger partial charge >= 0.3 is 0 Å². The van der Waals surface area contributed by atoms with Crippen LogP contribution in [0.5, 0.6) is 0 Å². The summed E-state index contributed by atoms with van der Waals surface area (Å²) < 4.78 is 1.13. The van der Waals surface area contributed by atoms with Gasteiger partial charge < -0.3 is 0 Å². The predicted octanol–water partition coefficient (Wildman–Crippen LogP) is 2.99. The zero-order valence-electron chi connectivity index (χ0n) is 7.69. The minimum absolute atomic E-state index is 0.0643. The highest BCUT2D eigenvalue weighted by Gasteiger charge is 2.11. The highest BCUT2D eigenvalue weighted by atomic mass is 32.1. The molecule has 2 aromatic rings. The molecular formula is C10H9NO2S. The van der Waals surface area contributed by atoms with Gasteiger partial charge in [0, 0.05) is 9.62 Å². The molecule has 0 unspecified atom stereocenters. The van der Waals surface area contributed by atoms with E-state index < -0.39 is 0 Å². The largest absolute Gasteiger partial charge is 0.264 e. The van der Waals surface area contributed by atoms with E-state index in [1.54, 1.807) is 0 Å². The van der Waals surface area contributed by atoms with Crippen LogP contribution in [-0.4, -0.2) is 4.92 Å². The lowest BCUT2D eigenvalue weighted by molar-refractivity contribution is -0.496. The number of nitrogens with zero attached hydrogens (tertiary/aromatic N) is 1. The number of hydrogen-bond acceptors (Lipinski definition) is 3. The predicted molar refractivity (Wildman–Crippen MR) is 57.3 cm³/mol. The summed E-state index contributed by atoms with van der Waals surface area (Å²) >= 11 is 1.51. The molecule has 0 N–H and O–H groups in total. The van der Waals surface area contributed by atoms with Crippen molar-refractivity contribution in [3.63, 3.8) is 0 Å². The third-order valence-electron chi connectivity index (χ3n) is 2.22. The lowest BCUT2D eigenvalue weighted by Gasteiger charge is -1.91. The monoisotopic (exact) mass is 207 g/mol. The van der Waals surface area contributed by atoms with Crippen molar-refractivity contribution in [3.05, 3.63) is 44.8 Å². The molecule has 0 amide bonds. The molecule has 0 radical (unpaired) electrons. The van der Waals surface area contributed by atoms with Gasteiger partial charge in [0.05, 0.1) is 4.88 Å². The number of hydrogen-bond donors (Lipinski definition) is 0. The van der Waals surface area contributed by atoms with Crippen molar-refractivity contribution in [1.82, 2.24) is 0 Å². The maximum atomic E-state index is 10.4. The van der Waals surface area contributed by atoms with E-state index in [-0.39, 0.29) is 11.5 Å². The lowest BCUT2D eigenvalue weighted by Crippen LogP contribution is -1.96. The Morgan fingerprint density at radius 3 is 2.79 bits per heavy atom. The summed E-state index contributed by atoms with van der Waals surface area (Å²) in [6.07, 6.45) is 0. The van der Waals surface area contributed by atoms with Crippen molar-refractivity contribution in [3.8, 4) is 0 Å². The van der Waals surface area contributed by atoms with Gasteiger partial charge in [0.2, 0.25) is 6.54 Å². The highest BCUT2D eigenvalue weighted by Crippen LogP contribution is 2.30. The van der Waals surface area contributed by atoms with E-state index in [9.17, 15) is 10.1 Å². The molecular weight excluding hydrogens is 198 g/mol. The van der Waals surface area contributed by atoms with E-state index in [4.69, 9.17) is 0 Å². The molecule has 0 aliphatic rings. The maximum Gasteiger partial charge on any atom is 0.238 e. The molecule has 4 heteroatoms.